The van der Waals surface area contributed by atoms with E-state index in [2.05, 4.69) is 15.6 Å². The molecule has 2 aromatic rings. The van der Waals surface area contributed by atoms with Crippen LogP contribution in [0.3, 0.4) is 0 Å². The minimum atomic E-state index is -0.521. The third-order valence-corrected chi connectivity index (χ3v) is 4.36. The monoisotopic (exact) mass is 343 g/mol. The number of carbonyl (C=O) groups excluding carboxylic acids is 2. The van der Waals surface area contributed by atoms with Crippen molar-refractivity contribution >= 4 is 17.5 Å². The van der Waals surface area contributed by atoms with E-state index < -0.39 is 6.04 Å². The zero-order valence-corrected chi connectivity index (χ0v) is 14.5. The lowest BCUT2D eigenvalue weighted by atomic mass is 10.1. The third kappa shape index (κ3) is 3.33. The first-order valence-corrected chi connectivity index (χ1v) is 8.12. The molecule has 1 aromatic carbocycles. The number of rotatable bonds is 4. The normalized spacial score (nSPS) is 16.8. The molecule has 3 rings (SSSR count). The van der Waals surface area contributed by atoms with Gasteiger partial charge in [-0.15, -0.1) is 5.10 Å². The van der Waals surface area contributed by atoms with Crippen molar-refractivity contribution in [3.8, 4) is 5.75 Å². The molecule has 2 heterocycles. The number of methoxy groups -OCH3 is 1. The number of benzene rings is 1. The first-order valence-electron chi connectivity index (χ1n) is 8.12. The van der Waals surface area contributed by atoms with E-state index in [-0.39, 0.29) is 11.8 Å². The molecule has 1 saturated heterocycles. The smallest absolute Gasteiger partial charge is 0.274 e. The van der Waals surface area contributed by atoms with E-state index in [0.29, 0.717) is 30.1 Å². The summed E-state index contributed by atoms with van der Waals surface area (Å²) in [7, 11) is 3.21. The lowest BCUT2D eigenvalue weighted by Crippen LogP contribution is -2.43. The van der Waals surface area contributed by atoms with Crippen LogP contribution >= 0.6 is 0 Å². The molecular formula is C17H21N5O3. The first kappa shape index (κ1) is 16.9. The van der Waals surface area contributed by atoms with E-state index >= 15 is 0 Å². The van der Waals surface area contributed by atoms with Gasteiger partial charge in [-0.05, 0) is 37.5 Å². The molecule has 1 aromatic heterocycles. The molecule has 1 atom stereocenters. The van der Waals surface area contributed by atoms with Crippen molar-refractivity contribution in [3.63, 3.8) is 0 Å². The second-order valence-corrected chi connectivity index (χ2v) is 6.09. The van der Waals surface area contributed by atoms with Gasteiger partial charge in [-0.2, -0.15) is 0 Å². The van der Waals surface area contributed by atoms with Crippen molar-refractivity contribution in [2.75, 3.05) is 19.0 Å². The van der Waals surface area contributed by atoms with Gasteiger partial charge in [0.15, 0.2) is 0 Å². The van der Waals surface area contributed by atoms with Gasteiger partial charge < -0.3 is 15.0 Å². The lowest BCUT2D eigenvalue weighted by Gasteiger charge is -2.24. The second-order valence-electron chi connectivity index (χ2n) is 6.09. The summed E-state index contributed by atoms with van der Waals surface area (Å²) in [6, 6.07) is 5.05. The van der Waals surface area contributed by atoms with E-state index in [4.69, 9.17) is 4.74 Å². The molecule has 0 spiro atoms. The highest BCUT2D eigenvalue weighted by Crippen LogP contribution is 2.27. The number of aromatic nitrogens is 3. The maximum atomic E-state index is 12.8. The van der Waals surface area contributed by atoms with Crippen LogP contribution in [0.4, 0.5) is 5.69 Å². The average Bonchev–Trinajstić information content (AvgIpc) is 3.23. The van der Waals surface area contributed by atoms with E-state index in [0.717, 1.165) is 12.0 Å². The summed E-state index contributed by atoms with van der Waals surface area (Å²) in [5.74, 6) is 0.136. The molecule has 1 fully saturated rings. The third-order valence-electron chi connectivity index (χ3n) is 4.36. The van der Waals surface area contributed by atoms with E-state index in [1.54, 1.807) is 19.1 Å². The Labute approximate surface area is 145 Å². The summed E-state index contributed by atoms with van der Waals surface area (Å²) < 4.78 is 6.71. The molecule has 1 aliphatic rings. The number of hydrogen-bond acceptors (Lipinski definition) is 5. The van der Waals surface area contributed by atoms with Crippen LogP contribution in [0.5, 0.6) is 5.75 Å². The quantitative estimate of drug-likeness (QED) is 0.906. The fourth-order valence-electron chi connectivity index (χ4n) is 3.05. The maximum Gasteiger partial charge on any atom is 0.274 e. The average molecular weight is 343 g/mol. The van der Waals surface area contributed by atoms with Gasteiger partial charge in [-0.1, -0.05) is 11.3 Å². The minimum Gasteiger partial charge on any atom is -0.495 e. The Hall–Kier alpha value is -2.90. The number of hydrogen-bond donors (Lipinski definition) is 1. The molecule has 0 radical (unpaired) electrons. The van der Waals surface area contributed by atoms with Gasteiger partial charge in [0.05, 0.1) is 19.0 Å². The Morgan fingerprint density at radius 2 is 2.16 bits per heavy atom. The summed E-state index contributed by atoms with van der Waals surface area (Å²) in [6.45, 7) is 2.48. The van der Waals surface area contributed by atoms with Crippen LogP contribution in [0.2, 0.25) is 0 Å². The highest BCUT2D eigenvalue weighted by Gasteiger charge is 2.36. The lowest BCUT2D eigenvalue weighted by molar-refractivity contribution is -0.119. The highest BCUT2D eigenvalue weighted by atomic mass is 16.5. The zero-order valence-electron chi connectivity index (χ0n) is 14.5. The molecule has 1 unspecified atom stereocenters. The molecule has 0 bridgehead atoms. The highest BCUT2D eigenvalue weighted by molar-refractivity contribution is 6.01. The molecule has 8 nitrogen and oxygen atoms in total. The number of amides is 2. The van der Waals surface area contributed by atoms with Crippen LogP contribution in [-0.4, -0.2) is 51.4 Å². The van der Waals surface area contributed by atoms with Crippen LogP contribution < -0.4 is 10.1 Å². The molecule has 2 amide bonds. The molecule has 0 aliphatic carbocycles. The molecule has 1 aliphatic heterocycles. The molecule has 132 valence electrons. The number of likely N-dealkylation sites (tertiary alicyclic amines) is 1. The summed E-state index contributed by atoms with van der Waals surface area (Å²) >= 11 is 0. The van der Waals surface area contributed by atoms with Gasteiger partial charge >= 0.3 is 0 Å². The van der Waals surface area contributed by atoms with Crippen molar-refractivity contribution in [1.29, 1.82) is 0 Å². The predicted octanol–water partition coefficient (Wildman–Crippen LogP) is 1.38. The molecule has 1 N–H and O–H groups in total. The van der Waals surface area contributed by atoms with E-state index in [9.17, 15) is 9.59 Å². The Morgan fingerprint density at radius 3 is 2.84 bits per heavy atom. The summed E-state index contributed by atoms with van der Waals surface area (Å²) in [4.78, 5) is 27.0. The van der Waals surface area contributed by atoms with Crippen molar-refractivity contribution in [3.05, 3.63) is 35.7 Å². The van der Waals surface area contributed by atoms with Gasteiger partial charge in [-0.3, -0.25) is 9.59 Å². The Bertz CT molecular complexity index is 801. The Balaban J connectivity index is 1.79. The first-order chi connectivity index (χ1) is 12.0. The van der Waals surface area contributed by atoms with Gasteiger partial charge in [-0.25, -0.2) is 4.68 Å². The molecule has 0 saturated carbocycles. The number of nitrogens with one attached hydrogen (secondary N) is 1. The Morgan fingerprint density at radius 1 is 1.36 bits per heavy atom. The molecule has 25 heavy (non-hydrogen) atoms. The number of aryl methyl sites for hydroxylation is 2. The summed E-state index contributed by atoms with van der Waals surface area (Å²) in [6.07, 6.45) is 2.82. The van der Waals surface area contributed by atoms with Crippen molar-refractivity contribution in [2.24, 2.45) is 7.05 Å². The largest absolute Gasteiger partial charge is 0.495 e. The standard InChI is InChI=1S/C17H21N5O3/c1-11-6-7-15(25-3)12(9-11)19-16(23)13-5-4-8-22(13)17(24)14-10-18-20-21(14)2/h6-7,9-10,13H,4-5,8H2,1-3H3,(H,19,23). The fraction of sp³-hybridized carbons (Fsp3) is 0.412. The van der Waals surface area contributed by atoms with Crippen LogP contribution in [0.15, 0.2) is 24.4 Å². The molecule has 8 heteroatoms. The zero-order chi connectivity index (χ0) is 18.0. The SMILES string of the molecule is COc1ccc(C)cc1NC(=O)C1CCCN1C(=O)c1cnnn1C. The van der Waals surface area contributed by atoms with Crippen molar-refractivity contribution in [1.82, 2.24) is 19.9 Å². The van der Waals surface area contributed by atoms with E-state index in [1.165, 1.54) is 10.9 Å². The Kier molecular flexibility index (Phi) is 4.69. The number of ether oxygens (including phenoxy) is 1. The van der Waals surface area contributed by atoms with E-state index in [1.807, 2.05) is 25.1 Å². The number of carbonyl (C=O) groups is 2. The summed E-state index contributed by atoms with van der Waals surface area (Å²) in [5, 5.41) is 10.4. The van der Waals surface area contributed by atoms with Crippen molar-refractivity contribution < 1.29 is 14.3 Å². The van der Waals surface area contributed by atoms with Gasteiger partial charge in [0, 0.05) is 13.6 Å². The number of anilines is 1. The predicted molar refractivity (Wildman–Crippen MR) is 91.4 cm³/mol. The van der Waals surface area contributed by atoms with Crippen molar-refractivity contribution in [2.45, 2.75) is 25.8 Å². The number of nitrogens with zero attached hydrogens (tertiary/aromatic N) is 4. The molecular weight excluding hydrogens is 322 g/mol. The van der Waals surface area contributed by atoms with Gasteiger partial charge in [0.1, 0.15) is 17.5 Å². The topological polar surface area (TPSA) is 89.3 Å². The summed E-state index contributed by atoms with van der Waals surface area (Å²) in [5.41, 5.74) is 1.98. The van der Waals surface area contributed by atoms with Crippen LogP contribution in [-0.2, 0) is 11.8 Å². The maximum absolute atomic E-state index is 12.8. The van der Waals surface area contributed by atoms with Crippen LogP contribution in [0.25, 0.3) is 0 Å². The van der Waals surface area contributed by atoms with Crippen LogP contribution in [0, 0.1) is 6.92 Å². The van der Waals surface area contributed by atoms with Gasteiger partial charge in [0.2, 0.25) is 5.91 Å². The van der Waals surface area contributed by atoms with Crippen LogP contribution in [0.1, 0.15) is 28.9 Å². The minimum absolute atomic E-state index is 0.218. The second kappa shape index (κ2) is 6.92. The fourth-order valence-corrected chi connectivity index (χ4v) is 3.05. The van der Waals surface area contributed by atoms with Gasteiger partial charge in [0.25, 0.3) is 5.91 Å².